The lowest BCUT2D eigenvalue weighted by Crippen LogP contribution is -2.28. The summed E-state index contributed by atoms with van der Waals surface area (Å²) in [7, 11) is 0. The van der Waals surface area contributed by atoms with Crippen LogP contribution in [0.25, 0.3) is 87.7 Å². The van der Waals surface area contributed by atoms with Crippen molar-refractivity contribution in [3.05, 3.63) is 247 Å². The Morgan fingerprint density at radius 1 is 0.290 bits per heavy atom. The minimum absolute atomic E-state index is 0.540. The van der Waals surface area contributed by atoms with Gasteiger partial charge < -0.3 is 0 Å². The fourth-order valence-corrected chi connectivity index (χ4v) is 10.6. The molecule has 4 heteroatoms. The molecular formula is C58H37N3S. The van der Waals surface area contributed by atoms with Crippen molar-refractivity contribution < 1.29 is 0 Å². The summed E-state index contributed by atoms with van der Waals surface area (Å²) < 4.78 is 2.61. The third-order valence-corrected chi connectivity index (χ3v) is 13.6. The predicted molar refractivity (Wildman–Crippen MR) is 257 cm³/mol. The first kappa shape index (κ1) is 36.1. The maximum atomic E-state index is 5.30. The molecule has 0 aliphatic heterocycles. The smallest absolute Gasteiger partial charge is 0.164 e. The fraction of sp³-hybridized carbons (Fsp3) is 0.0172. The van der Waals surface area contributed by atoms with Gasteiger partial charge in [-0.25, -0.2) is 15.0 Å². The number of fused-ring (bicyclic) bond motifs is 6. The fourth-order valence-electron chi connectivity index (χ4n) is 9.53. The van der Waals surface area contributed by atoms with E-state index in [-0.39, 0.29) is 0 Å². The summed E-state index contributed by atoms with van der Waals surface area (Å²) in [5, 5.41) is 2.59. The Hall–Kier alpha value is -7.79. The average Bonchev–Trinajstić information content (AvgIpc) is 3.88. The SMILES string of the molecule is c1ccc(-c2cccc(-c3nc(-c4ccc(-c5ccc6sc7ccccc7c6c5)cc4)nc(-c4ccc5c(c4)C(c4ccccc4)(c4ccccc4)c4ccccc4-5)n3)c2)cc1. The topological polar surface area (TPSA) is 38.7 Å². The van der Waals surface area contributed by atoms with E-state index in [4.69, 9.17) is 15.0 Å². The van der Waals surface area contributed by atoms with Crippen LogP contribution >= 0.6 is 11.3 Å². The molecule has 9 aromatic carbocycles. The number of hydrogen-bond acceptors (Lipinski definition) is 4. The first-order valence-corrected chi connectivity index (χ1v) is 21.8. The molecule has 3 nitrogen and oxygen atoms in total. The lowest BCUT2D eigenvalue weighted by Gasteiger charge is -2.34. The van der Waals surface area contributed by atoms with Gasteiger partial charge in [-0.2, -0.15) is 0 Å². The Balaban J connectivity index is 1.03. The molecule has 2 heterocycles. The minimum atomic E-state index is -0.540. The van der Waals surface area contributed by atoms with Crippen molar-refractivity contribution in [2.45, 2.75) is 5.41 Å². The zero-order valence-corrected chi connectivity index (χ0v) is 34.4. The van der Waals surface area contributed by atoms with Gasteiger partial charge in [-0.15, -0.1) is 11.3 Å². The second kappa shape index (κ2) is 14.7. The van der Waals surface area contributed by atoms with Crippen molar-refractivity contribution in [2.75, 3.05) is 0 Å². The molecule has 11 aromatic rings. The van der Waals surface area contributed by atoms with Gasteiger partial charge >= 0.3 is 0 Å². The van der Waals surface area contributed by atoms with Crippen molar-refractivity contribution in [3.8, 4) is 67.5 Å². The molecule has 0 atom stereocenters. The monoisotopic (exact) mass is 807 g/mol. The van der Waals surface area contributed by atoms with Crippen molar-refractivity contribution >= 4 is 31.5 Å². The van der Waals surface area contributed by atoms with Crippen molar-refractivity contribution in [1.29, 1.82) is 0 Å². The molecule has 0 N–H and O–H groups in total. The van der Waals surface area contributed by atoms with E-state index in [0.717, 1.165) is 33.4 Å². The second-order valence-corrected chi connectivity index (χ2v) is 17.0. The molecule has 0 amide bonds. The van der Waals surface area contributed by atoms with Crippen LogP contribution < -0.4 is 0 Å². The summed E-state index contributed by atoms with van der Waals surface area (Å²) in [6.45, 7) is 0. The van der Waals surface area contributed by atoms with Gasteiger partial charge in [-0.05, 0) is 86.0 Å². The highest BCUT2D eigenvalue weighted by molar-refractivity contribution is 7.25. The summed E-state index contributed by atoms with van der Waals surface area (Å²) >= 11 is 1.84. The van der Waals surface area contributed by atoms with Crippen LogP contribution in [0.1, 0.15) is 22.3 Å². The molecule has 12 rings (SSSR count). The van der Waals surface area contributed by atoms with E-state index in [1.807, 2.05) is 17.4 Å². The Bertz CT molecular complexity index is 3410. The molecule has 62 heavy (non-hydrogen) atoms. The van der Waals surface area contributed by atoms with Crippen LogP contribution in [0, 0.1) is 0 Å². The molecule has 0 spiro atoms. The van der Waals surface area contributed by atoms with Crippen LogP contribution in [0.15, 0.2) is 224 Å². The largest absolute Gasteiger partial charge is 0.208 e. The second-order valence-electron chi connectivity index (χ2n) is 15.9. The highest BCUT2D eigenvalue weighted by atomic mass is 32.1. The van der Waals surface area contributed by atoms with Gasteiger partial charge in [-0.3, -0.25) is 0 Å². The van der Waals surface area contributed by atoms with Crippen molar-refractivity contribution in [3.63, 3.8) is 0 Å². The lowest BCUT2D eigenvalue weighted by molar-refractivity contribution is 0.768. The summed E-state index contributed by atoms with van der Waals surface area (Å²) in [4.78, 5) is 15.8. The standard InChI is InChI=1S/C58H37N3S/c1-4-15-38(16-5-1)41-17-14-18-43(35-41)56-59-55(40-29-27-39(28-30-40)42-32-34-54-50(36-42)49-24-11-13-26-53(49)62-54)60-57(61-56)44-31-33-48-47-23-10-12-25-51(47)58(52(48)37-44,45-19-6-2-7-20-45)46-21-8-3-9-22-46/h1-37H. The maximum absolute atomic E-state index is 5.30. The summed E-state index contributed by atoms with van der Waals surface area (Å²) in [6, 6.07) is 80.5. The van der Waals surface area contributed by atoms with Gasteiger partial charge in [0.1, 0.15) is 0 Å². The van der Waals surface area contributed by atoms with Gasteiger partial charge in [0.15, 0.2) is 17.5 Å². The van der Waals surface area contributed by atoms with Crippen LogP contribution in [0.4, 0.5) is 0 Å². The molecule has 1 aliphatic carbocycles. The van der Waals surface area contributed by atoms with E-state index >= 15 is 0 Å². The normalized spacial score (nSPS) is 12.6. The molecule has 0 fully saturated rings. The number of hydrogen-bond donors (Lipinski definition) is 0. The third kappa shape index (κ3) is 5.91. The maximum Gasteiger partial charge on any atom is 0.164 e. The van der Waals surface area contributed by atoms with Crippen LogP contribution in [0.5, 0.6) is 0 Å². The van der Waals surface area contributed by atoms with Gasteiger partial charge in [-0.1, -0.05) is 194 Å². The molecular weight excluding hydrogens is 771 g/mol. The van der Waals surface area contributed by atoms with E-state index in [9.17, 15) is 0 Å². The Labute approximate surface area is 364 Å². The lowest BCUT2D eigenvalue weighted by atomic mass is 9.67. The Morgan fingerprint density at radius 2 is 0.774 bits per heavy atom. The zero-order valence-electron chi connectivity index (χ0n) is 33.6. The summed E-state index contributed by atoms with van der Waals surface area (Å²) in [5.74, 6) is 1.88. The number of aromatic nitrogens is 3. The predicted octanol–water partition coefficient (Wildman–Crippen LogP) is 14.9. The minimum Gasteiger partial charge on any atom is -0.208 e. The number of thiophene rings is 1. The molecule has 0 saturated heterocycles. The number of nitrogens with zero attached hydrogens (tertiary/aromatic N) is 3. The highest BCUT2D eigenvalue weighted by Gasteiger charge is 2.46. The molecule has 1 aliphatic rings. The van der Waals surface area contributed by atoms with Gasteiger partial charge in [0, 0.05) is 36.9 Å². The van der Waals surface area contributed by atoms with Crippen molar-refractivity contribution in [1.82, 2.24) is 15.0 Å². The van der Waals surface area contributed by atoms with Gasteiger partial charge in [0.25, 0.3) is 0 Å². The molecule has 0 radical (unpaired) electrons. The van der Waals surface area contributed by atoms with Gasteiger partial charge in [0.2, 0.25) is 0 Å². The highest BCUT2D eigenvalue weighted by Crippen LogP contribution is 2.56. The first-order chi connectivity index (χ1) is 30.7. The quantitative estimate of drug-likeness (QED) is 0.161. The van der Waals surface area contributed by atoms with Crippen molar-refractivity contribution in [2.24, 2.45) is 0 Å². The van der Waals surface area contributed by atoms with E-state index in [1.165, 1.54) is 59.1 Å². The summed E-state index contributed by atoms with van der Waals surface area (Å²) in [5.41, 5.74) is 14.2. The Kier molecular flexibility index (Phi) is 8.58. The molecule has 0 bridgehead atoms. The van der Waals surface area contributed by atoms with E-state index in [1.54, 1.807) is 0 Å². The molecule has 290 valence electrons. The Morgan fingerprint density at radius 3 is 1.52 bits per heavy atom. The number of benzene rings is 9. The van der Waals surface area contributed by atoms with E-state index < -0.39 is 5.41 Å². The van der Waals surface area contributed by atoms with Crippen LogP contribution in [0.3, 0.4) is 0 Å². The summed E-state index contributed by atoms with van der Waals surface area (Å²) in [6.07, 6.45) is 0. The van der Waals surface area contributed by atoms with E-state index in [0.29, 0.717) is 17.5 Å². The third-order valence-electron chi connectivity index (χ3n) is 12.4. The zero-order chi connectivity index (χ0) is 41.0. The average molecular weight is 808 g/mol. The van der Waals surface area contributed by atoms with Gasteiger partial charge in [0.05, 0.1) is 5.41 Å². The van der Waals surface area contributed by atoms with Crippen LogP contribution in [-0.2, 0) is 5.41 Å². The molecule has 0 saturated carbocycles. The first-order valence-electron chi connectivity index (χ1n) is 21.0. The number of rotatable bonds is 7. The molecule has 2 aromatic heterocycles. The van der Waals surface area contributed by atoms with Crippen LogP contribution in [-0.4, -0.2) is 15.0 Å². The van der Waals surface area contributed by atoms with E-state index in [2.05, 4.69) is 218 Å². The van der Waals surface area contributed by atoms with Crippen LogP contribution in [0.2, 0.25) is 0 Å². The molecule has 0 unspecified atom stereocenters.